The second-order valence-corrected chi connectivity index (χ2v) is 4.46. The van der Waals surface area contributed by atoms with Crippen molar-refractivity contribution in [2.45, 2.75) is 27.2 Å². The maximum absolute atomic E-state index is 11.6. The third-order valence-electron chi connectivity index (χ3n) is 2.23. The van der Waals surface area contributed by atoms with Gasteiger partial charge in [0, 0.05) is 25.0 Å². The lowest BCUT2D eigenvalue weighted by Crippen LogP contribution is -2.36. The summed E-state index contributed by atoms with van der Waals surface area (Å²) in [5.41, 5.74) is -0.334. The van der Waals surface area contributed by atoms with E-state index in [2.05, 4.69) is 20.5 Å². The van der Waals surface area contributed by atoms with Gasteiger partial charge >= 0.3 is 0 Å². The number of aliphatic hydroxyl groups is 1. The Morgan fingerprint density at radius 1 is 1.56 bits per heavy atom. The minimum absolute atomic E-state index is 0.0154. The smallest absolute Gasteiger partial charge is 0.290 e. The molecule has 0 aliphatic heterocycles. The van der Waals surface area contributed by atoms with Crippen LogP contribution in [0.5, 0.6) is 0 Å². The number of aromatic amines is 1. The number of nitrogens with zero attached hydrogens (tertiary/aromatic N) is 2. The van der Waals surface area contributed by atoms with Gasteiger partial charge in [0.25, 0.3) is 5.91 Å². The molecule has 0 aliphatic carbocycles. The minimum atomic E-state index is -0.334. The highest BCUT2D eigenvalue weighted by Crippen LogP contribution is 2.11. The van der Waals surface area contributed by atoms with Crippen molar-refractivity contribution in [1.29, 1.82) is 0 Å². The molecule has 3 N–H and O–H groups in total. The Bertz CT molecular complexity index is 359. The van der Waals surface area contributed by atoms with Crippen molar-refractivity contribution < 1.29 is 9.90 Å². The Morgan fingerprint density at radius 2 is 2.25 bits per heavy atom. The summed E-state index contributed by atoms with van der Waals surface area (Å²) in [5, 5.41) is 18.2. The van der Waals surface area contributed by atoms with Gasteiger partial charge in [-0.2, -0.15) is 0 Å². The Balaban J connectivity index is 2.53. The van der Waals surface area contributed by atoms with E-state index < -0.39 is 0 Å². The molecule has 0 bridgehead atoms. The second-order valence-electron chi connectivity index (χ2n) is 4.46. The zero-order chi connectivity index (χ0) is 12.2. The molecule has 6 nitrogen and oxygen atoms in total. The van der Waals surface area contributed by atoms with E-state index in [-0.39, 0.29) is 23.8 Å². The molecule has 0 fully saturated rings. The van der Waals surface area contributed by atoms with Crippen LogP contribution in [0.25, 0.3) is 0 Å². The Labute approximate surface area is 94.5 Å². The van der Waals surface area contributed by atoms with Crippen molar-refractivity contribution in [2.75, 3.05) is 13.2 Å². The fourth-order valence-corrected chi connectivity index (χ4v) is 1.01. The lowest BCUT2D eigenvalue weighted by Gasteiger charge is -2.21. The molecular formula is C10H18N4O2. The number of aromatic nitrogens is 3. The number of rotatable bonds is 5. The fourth-order valence-electron chi connectivity index (χ4n) is 1.01. The molecular weight excluding hydrogens is 208 g/mol. The predicted octanol–water partition coefficient (Wildman–Crippen LogP) is 0.115. The number of carbonyl (C=O) groups excluding carboxylic acids is 1. The van der Waals surface area contributed by atoms with E-state index in [1.807, 2.05) is 20.8 Å². The molecule has 0 spiro atoms. The van der Waals surface area contributed by atoms with Crippen molar-refractivity contribution in [3.63, 3.8) is 0 Å². The lowest BCUT2D eigenvalue weighted by molar-refractivity contribution is 0.0901. The molecule has 1 aromatic rings. The number of nitrogens with one attached hydrogen (secondary N) is 2. The average Bonchev–Trinajstić information content (AvgIpc) is 2.74. The van der Waals surface area contributed by atoms with Gasteiger partial charge in [0.05, 0.1) is 0 Å². The van der Waals surface area contributed by atoms with Crippen LogP contribution < -0.4 is 5.32 Å². The van der Waals surface area contributed by atoms with Gasteiger partial charge in [0.15, 0.2) is 0 Å². The molecule has 6 heteroatoms. The van der Waals surface area contributed by atoms with Crippen LogP contribution in [0.3, 0.4) is 0 Å². The van der Waals surface area contributed by atoms with E-state index in [4.69, 9.17) is 5.11 Å². The summed E-state index contributed by atoms with van der Waals surface area (Å²) in [7, 11) is 0. The van der Waals surface area contributed by atoms with Crippen molar-refractivity contribution in [3.05, 3.63) is 11.6 Å². The van der Waals surface area contributed by atoms with E-state index in [0.29, 0.717) is 18.8 Å². The summed E-state index contributed by atoms with van der Waals surface area (Å²) in [6.07, 6.45) is 0.711. The summed E-state index contributed by atoms with van der Waals surface area (Å²) in [6.45, 7) is 6.06. The topological polar surface area (TPSA) is 90.9 Å². The average molecular weight is 226 g/mol. The van der Waals surface area contributed by atoms with Crippen LogP contribution in [0, 0.1) is 5.41 Å². The number of carbonyl (C=O) groups is 1. The van der Waals surface area contributed by atoms with Gasteiger partial charge in [-0.15, -0.1) is 5.10 Å². The second kappa shape index (κ2) is 5.07. The monoisotopic (exact) mass is 226 g/mol. The van der Waals surface area contributed by atoms with E-state index >= 15 is 0 Å². The van der Waals surface area contributed by atoms with E-state index in [1.54, 1.807) is 0 Å². The van der Waals surface area contributed by atoms with Gasteiger partial charge in [0.2, 0.25) is 5.82 Å². The first-order valence-corrected chi connectivity index (χ1v) is 5.29. The van der Waals surface area contributed by atoms with E-state index in [0.717, 1.165) is 0 Å². The summed E-state index contributed by atoms with van der Waals surface area (Å²) in [6, 6.07) is 0. The molecule has 0 radical (unpaired) electrons. The third kappa shape index (κ3) is 3.30. The standard InChI is InChI=1S/C10H18N4O2/c1-4-7-12-8(14-13-7)9(16)11-5-10(2,3)6-15/h15H,4-6H2,1-3H3,(H,11,16)(H,12,13,14). The van der Waals surface area contributed by atoms with Gasteiger partial charge in [-0.25, -0.2) is 4.98 Å². The molecule has 0 saturated carbocycles. The summed E-state index contributed by atoms with van der Waals surface area (Å²) < 4.78 is 0. The number of aliphatic hydroxyl groups excluding tert-OH is 1. The molecule has 1 aromatic heterocycles. The van der Waals surface area contributed by atoms with Crippen LogP contribution in [-0.4, -0.2) is 39.3 Å². The molecule has 0 saturated heterocycles. The first kappa shape index (κ1) is 12.6. The predicted molar refractivity (Wildman–Crippen MR) is 59.0 cm³/mol. The van der Waals surface area contributed by atoms with Crippen LogP contribution in [0.2, 0.25) is 0 Å². The molecule has 0 aromatic carbocycles. The van der Waals surface area contributed by atoms with Crippen LogP contribution in [0.15, 0.2) is 0 Å². The van der Waals surface area contributed by atoms with Crippen LogP contribution in [0.1, 0.15) is 37.2 Å². The Kier molecular flexibility index (Phi) is 4.00. The molecule has 0 unspecified atom stereocenters. The molecule has 16 heavy (non-hydrogen) atoms. The molecule has 90 valence electrons. The SMILES string of the molecule is CCc1nc(C(=O)NCC(C)(C)CO)n[nH]1. The lowest BCUT2D eigenvalue weighted by atomic mass is 9.95. The normalized spacial score (nSPS) is 11.5. The number of hydrogen-bond acceptors (Lipinski definition) is 4. The molecule has 0 atom stereocenters. The number of amides is 1. The van der Waals surface area contributed by atoms with Gasteiger partial charge in [-0.1, -0.05) is 20.8 Å². The van der Waals surface area contributed by atoms with Crippen molar-refractivity contribution in [3.8, 4) is 0 Å². The zero-order valence-corrected chi connectivity index (χ0v) is 9.87. The Hall–Kier alpha value is -1.43. The maximum atomic E-state index is 11.6. The number of H-pyrrole nitrogens is 1. The van der Waals surface area contributed by atoms with Crippen LogP contribution >= 0.6 is 0 Å². The molecule has 1 amide bonds. The molecule has 0 aliphatic rings. The minimum Gasteiger partial charge on any atom is -0.396 e. The van der Waals surface area contributed by atoms with E-state index in [1.165, 1.54) is 0 Å². The number of aryl methyl sites for hydroxylation is 1. The Morgan fingerprint density at radius 3 is 2.75 bits per heavy atom. The first-order chi connectivity index (χ1) is 7.48. The van der Waals surface area contributed by atoms with Gasteiger partial charge in [-0.05, 0) is 0 Å². The summed E-state index contributed by atoms with van der Waals surface area (Å²) in [4.78, 5) is 15.6. The quantitative estimate of drug-likeness (QED) is 0.665. The highest BCUT2D eigenvalue weighted by molar-refractivity contribution is 5.90. The van der Waals surface area contributed by atoms with Crippen molar-refractivity contribution in [2.24, 2.45) is 5.41 Å². The third-order valence-corrected chi connectivity index (χ3v) is 2.23. The molecule has 1 heterocycles. The molecule has 1 rings (SSSR count). The van der Waals surface area contributed by atoms with Crippen molar-refractivity contribution in [1.82, 2.24) is 20.5 Å². The maximum Gasteiger partial charge on any atom is 0.290 e. The van der Waals surface area contributed by atoms with Crippen LogP contribution in [-0.2, 0) is 6.42 Å². The fraction of sp³-hybridized carbons (Fsp3) is 0.700. The summed E-state index contributed by atoms with van der Waals surface area (Å²) >= 11 is 0. The van der Waals surface area contributed by atoms with Gasteiger partial charge in [0.1, 0.15) is 5.82 Å². The summed E-state index contributed by atoms with van der Waals surface area (Å²) in [5.74, 6) is 0.509. The van der Waals surface area contributed by atoms with E-state index in [9.17, 15) is 4.79 Å². The van der Waals surface area contributed by atoms with Gasteiger partial charge < -0.3 is 10.4 Å². The zero-order valence-electron chi connectivity index (χ0n) is 9.87. The first-order valence-electron chi connectivity index (χ1n) is 5.29. The highest BCUT2D eigenvalue weighted by Gasteiger charge is 2.19. The largest absolute Gasteiger partial charge is 0.396 e. The van der Waals surface area contributed by atoms with Gasteiger partial charge in [-0.3, -0.25) is 9.89 Å². The number of hydrogen-bond donors (Lipinski definition) is 3. The van der Waals surface area contributed by atoms with Crippen molar-refractivity contribution >= 4 is 5.91 Å². The van der Waals surface area contributed by atoms with Crippen LogP contribution in [0.4, 0.5) is 0 Å². The highest BCUT2D eigenvalue weighted by atomic mass is 16.3.